The Morgan fingerprint density at radius 2 is 1.78 bits per heavy atom. The molecule has 1 aromatic rings. The van der Waals surface area contributed by atoms with Crippen molar-refractivity contribution >= 4 is 13.0 Å². The van der Waals surface area contributed by atoms with Gasteiger partial charge in [0.25, 0.3) is 5.91 Å². The Bertz CT molecular complexity index is 729. The number of carbonyl (C=O) groups is 1. The van der Waals surface area contributed by atoms with Crippen LogP contribution in [0.2, 0.25) is 5.82 Å². The van der Waals surface area contributed by atoms with Crippen molar-refractivity contribution in [3.05, 3.63) is 29.6 Å². The molecule has 3 heterocycles. The maximum absolute atomic E-state index is 13.8. The van der Waals surface area contributed by atoms with Crippen LogP contribution >= 0.6 is 0 Å². The van der Waals surface area contributed by atoms with Crippen LogP contribution in [0.15, 0.2) is 18.2 Å². The molecule has 3 aliphatic rings. The second-order valence-electron chi connectivity index (χ2n) is 8.83. The molecule has 1 amide bonds. The SMILES string of the molecule is CC1(C)OB(C2CCN(C(=O)C3Cc4cccc(F)c4O3)CC2)OC1(C)C. The Balaban J connectivity index is 1.34. The lowest BCUT2D eigenvalue weighted by Crippen LogP contribution is -2.46. The fraction of sp³-hybridized carbons (Fsp3) is 0.650. The van der Waals surface area contributed by atoms with E-state index in [4.69, 9.17) is 14.0 Å². The van der Waals surface area contributed by atoms with E-state index >= 15 is 0 Å². The number of likely N-dealkylation sites (tertiary alicyclic amines) is 1. The average Bonchev–Trinajstić information content (AvgIpc) is 3.14. The number of ether oxygens (including phenoxy) is 1. The van der Waals surface area contributed by atoms with Crippen LogP contribution in [0, 0.1) is 5.82 Å². The van der Waals surface area contributed by atoms with E-state index in [9.17, 15) is 9.18 Å². The first-order valence-electron chi connectivity index (χ1n) is 9.76. The van der Waals surface area contributed by atoms with E-state index in [1.54, 1.807) is 6.07 Å². The molecule has 0 bridgehead atoms. The molecule has 0 N–H and O–H groups in total. The summed E-state index contributed by atoms with van der Waals surface area (Å²) < 4.78 is 31.8. The van der Waals surface area contributed by atoms with E-state index in [1.165, 1.54) is 6.07 Å². The topological polar surface area (TPSA) is 48.0 Å². The van der Waals surface area contributed by atoms with E-state index < -0.39 is 11.9 Å². The Morgan fingerprint density at radius 1 is 1.15 bits per heavy atom. The summed E-state index contributed by atoms with van der Waals surface area (Å²) in [4.78, 5) is 14.7. The Kier molecular flexibility index (Phi) is 4.50. The molecule has 5 nitrogen and oxygen atoms in total. The number of halogens is 1. The van der Waals surface area contributed by atoms with Crippen LogP contribution in [-0.2, 0) is 20.5 Å². The molecule has 7 heteroatoms. The maximum atomic E-state index is 13.8. The Hall–Kier alpha value is -1.60. The van der Waals surface area contributed by atoms with E-state index in [-0.39, 0.29) is 35.8 Å². The third-order valence-electron chi connectivity index (χ3n) is 6.50. The third-order valence-corrected chi connectivity index (χ3v) is 6.50. The Labute approximate surface area is 160 Å². The molecular weight excluding hydrogens is 348 g/mol. The van der Waals surface area contributed by atoms with Crippen LogP contribution in [0.1, 0.15) is 46.1 Å². The molecule has 3 aliphatic heterocycles. The predicted molar refractivity (Wildman–Crippen MR) is 100 cm³/mol. The fourth-order valence-electron chi connectivity index (χ4n) is 4.04. The lowest BCUT2D eigenvalue weighted by atomic mass is 9.66. The molecule has 1 atom stereocenters. The van der Waals surface area contributed by atoms with Gasteiger partial charge >= 0.3 is 7.12 Å². The highest BCUT2D eigenvalue weighted by molar-refractivity contribution is 6.47. The maximum Gasteiger partial charge on any atom is 0.461 e. The smallest absolute Gasteiger partial charge is 0.461 e. The first kappa shape index (κ1) is 18.8. The number of rotatable bonds is 2. The summed E-state index contributed by atoms with van der Waals surface area (Å²) in [5, 5.41) is 0. The van der Waals surface area contributed by atoms with Gasteiger partial charge < -0.3 is 18.9 Å². The van der Waals surface area contributed by atoms with Crippen LogP contribution < -0.4 is 4.74 Å². The van der Waals surface area contributed by atoms with Gasteiger partial charge in [0.15, 0.2) is 17.7 Å². The first-order valence-corrected chi connectivity index (χ1v) is 9.76. The van der Waals surface area contributed by atoms with Crippen LogP contribution in [0.5, 0.6) is 5.75 Å². The largest absolute Gasteiger partial charge is 0.477 e. The summed E-state index contributed by atoms with van der Waals surface area (Å²) in [6, 6.07) is 4.83. The van der Waals surface area contributed by atoms with Gasteiger partial charge in [-0.15, -0.1) is 0 Å². The first-order chi connectivity index (χ1) is 12.7. The number of hydrogen-bond acceptors (Lipinski definition) is 4. The Morgan fingerprint density at radius 3 is 2.37 bits per heavy atom. The number of amides is 1. The summed E-state index contributed by atoms with van der Waals surface area (Å²) >= 11 is 0. The van der Waals surface area contributed by atoms with Crippen molar-refractivity contribution in [1.29, 1.82) is 0 Å². The van der Waals surface area contributed by atoms with Crippen molar-refractivity contribution in [1.82, 2.24) is 4.90 Å². The monoisotopic (exact) mass is 375 g/mol. The van der Waals surface area contributed by atoms with Crippen LogP contribution in [0.4, 0.5) is 4.39 Å². The van der Waals surface area contributed by atoms with Crippen molar-refractivity contribution in [2.45, 2.75) is 70.1 Å². The number of piperidine rings is 1. The van der Waals surface area contributed by atoms with Gasteiger partial charge in [-0.25, -0.2) is 4.39 Å². The predicted octanol–water partition coefficient (Wildman–Crippen LogP) is 3.21. The van der Waals surface area contributed by atoms with Crippen LogP contribution in [0.25, 0.3) is 0 Å². The summed E-state index contributed by atoms with van der Waals surface area (Å²) in [5.41, 5.74) is 0.0940. The molecule has 2 fully saturated rings. The van der Waals surface area contributed by atoms with Crippen molar-refractivity contribution in [3.63, 3.8) is 0 Å². The number of nitrogens with zero attached hydrogens (tertiary/aromatic N) is 1. The molecule has 146 valence electrons. The molecule has 1 aromatic carbocycles. The van der Waals surface area contributed by atoms with Crippen LogP contribution in [0.3, 0.4) is 0 Å². The fourth-order valence-corrected chi connectivity index (χ4v) is 4.04. The van der Waals surface area contributed by atoms with Crippen molar-refractivity contribution in [2.24, 2.45) is 0 Å². The number of hydrogen-bond donors (Lipinski definition) is 0. The van der Waals surface area contributed by atoms with Gasteiger partial charge in [-0.2, -0.15) is 0 Å². The molecule has 2 saturated heterocycles. The second kappa shape index (κ2) is 6.48. The molecular formula is C20H27BFNO4. The number of para-hydroxylation sites is 1. The number of carbonyl (C=O) groups excluding carboxylic acids is 1. The van der Waals surface area contributed by atoms with Gasteiger partial charge in [0, 0.05) is 25.1 Å². The zero-order valence-corrected chi connectivity index (χ0v) is 16.5. The minimum absolute atomic E-state index is 0.0574. The molecule has 0 spiro atoms. The second-order valence-corrected chi connectivity index (χ2v) is 8.83. The summed E-state index contributed by atoms with van der Waals surface area (Å²) in [7, 11) is -0.228. The lowest BCUT2D eigenvalue weighted by Gasteiger charge is -2.34. The summed E-state index contributed by atoms with van der Waals surface area (Å²) in [6.45, 7) is 9.51. The van der Waals surface area contributed by atoms with Gasteiger partial charge in [0.05, 0.1) is 11.2 Å². The standard InChI is InChI=1S/C20H27BFNO4/c1-19(2)20(3,4)27-21(26-19)14-8-10-23(11-9-14)18(24)16-12-13-6-5-7-15(22)17(13)25-16/h5-7,14,16H,8-12H2,1-4H3. The number of fused-ring (bicyclic) bond motifs is 1. The van der Waals surface area contributed by atoms with Gasteiger partial charge in [0.1, 0.15) is 0 Å². The highest BCUT2D eigenvalue weighted by Crippen LogP contribution is 2.42. The molecule has 0 radical (unpaired) electrons. The van der Waals surface area contributed by atoms with E-state index in [1.807, 2.05) is 11.0 Å². The van der Waals surface area contributed by atoms with Gasteiger partial charge in [-0.05, 0) is 52.4 Å². The average molecular weight is 375 g/mol. The van der Waals surface area contributed by atoms with Crippen molar-refractivity contribution < 1.29 is 23.2 Å². The van der Waals surface area contributed by atoms with Crippen molar-refractivity contribution in [2.75, 3.05) is 13.1 Å². The van der Waals surface area contributed by atoms with E-state index in [2.05, 4.69) is 27.7 Å². The normalized spacial score (nSPS) is 26.8. The van der Waals surface area contributed by atoms with E-state index in [0.717, 1.165) is 18.4 Å². The quantitative estimate of drug-likeness (QED) is 0.745. The minimum atomic E-state index is -0.620. The minimum Gasteiger partial charge on any atom is -0.477 e. The number of benzene rings is 1. The molecule has 0 saturated carbocycles. The third kappa shape index (κ3) is 3.25. The van der Waals surface area contributed by atoms with Crippen molar-refractivity contribution in [3.8, 4) is 5.75 Å². The van der Waals surface area contributed by atoms with Gasteiger partial charge in [-0.1, -0.05) is 12.1 Å². The van der Waals surface area contributed by atoms with Gasteiger partial charge in [-0.3, -0.25) is 4.79 Å². The molecule has 0 aliphatic carbocycles. The zero-order valence-electron chi connectivity index (χ0n) is 16.5. The lowest BCUT2D eigenvalue weighted by molar-refractivity contribution is -0.138. The molecule has 1 unspecified atom stereocenters. The molecule has 4 rings (SSSR count). The summed E-state index contributed by atoms with van der Waals surface area (Å²) in [5.74, 6) is 0.0393. The van der Waals surface area contributed by atoms with Crippen LogP contribution in [-0.4, -0.2) is 48.3 Å². The van der Waals surface area contributed by atoms with Gasteiger partial charge in [0.2, 0.25) is 0 Å². The summed E-state index contributed by atoms with van der Waals surface area (Å²) in [6.07, 6.45) is 1.47. The van der Waals surface area contributed by atoms with E-state index in [0.29, 0.717) is 19.5 Å². The molecule has 27 heavy (non-hydrogen) atoms. The highest BCUT2D eigenvalue weighted by Gasteiger charge is 2.54. The zero-order chi connectivity index (χ0) is 19.4. The molecule has 0 aromatic heterocycles. The highest BCUT2D eigenvalue weighted by atomic mass is 19.1.